The molecule has 1 rings (SSSR count). The second-order valence-corrected chi connectivity index (χ2v) is 3.04. The van der Waals surface area contributed by atoms with Gasteiger partial charge < -0.3 is 0 Å². The van der Waals surface area contributed by atoms with E-state index in [0.717, 1.165) is 11.9 Å². The molecule has 0 aliphatic carbocycles. The first kappa shape index (κ1) is 7.79. The van der Waals surface area contributed by atoms with Crippen LogP contribution in [-0.2, 0) is 6.54 Å². The number of rotatable bonds is 4. The van der Waals surface area contributed by atoms with Gasteiger partial charge in [-0.25, -0.2) is 4.57 Å². The summed E-state index contributed by atoms with van der Waals surface area (Å²) < 4.78 is 2.16. The molecule has 10 heavy (non-hydrogen) atoms. The van der Waals surface area contributed by atoms with Gasteiger partial charge in [0.1, 0.15) is 12.4 Å². The van der Waals surface area contributed by atoms with Crippen molar-refractivity contribution in [2.45, 2.75) is 19.4 Å². The third-order valence-corrected chi connectivity index (χ3v) is 1.96. The number of nitrogens with zero attached hydrogens (tertiary/aromatic N) is 1. The zero-order valence-corrected chi connectivity index (χ0v) is 7.47. The first-order valence-electron chi connectivity index (χ1n) is 3.51. The van der Waals surface area contributed by atoms with Crippen LogP contribution in [0.2, 0.25) is 0 Å². The van der Waals surface area contributed by atoms with Gasteiger partial charge in [0, 0.05) is 5.33 Å². The van der Waals surface area contributed by atoms with Crippen LogP contribution in [0.1, 0.15) is 12.8 Å². The molecule has 3 heteroatoms. The summed E-state index contributed by atoms with van der Waals surface area (Å²) in [7, 11) is 0. The van der Waals surface area contributed by atoms with E-state index in [1.807, 2.05) is 18.7 Å². The molecule has 0 spiro atoms. The summed E-state index contributed by atoms with van der Waals surface area (Å²) >= 11 is 3.40. The molecule has 0 saturated carbocycles. The van der Waals surface area contributed by atoms with Crippen molar-refractivity contribution >= 4 is 15.9 Å². The Morgan fingerprint density at radius 2 is 2.30 bits per heavy atom. The fourth-order valence-corrected chi connectivity index (χ4v) is 1.25. The van der Waals surface area contributed by atoms with Gasteiger partial charge in [0.2, 0.25) is 6.33 Å². The largest absolute Gasteiger partial charge is 0.250 e. The lowest BCUT2D eigenvalue weighted by Crippen LogP contribution is -2.30. The molecule has 2 nitrogen and oxygen atoms in total. The number of aromatic nitrogens is 2. The monoisotopic (exact) mass is 203 g/mol. The van der Waals surface area contributed by atoms with E-state index in [-0.39, 0.29) is 0 Å². The number of alkyl halides is 1. The summed E-state index contributed by atoms with van der Waals surface area (Å²) in [4.78, 5) is 3.01. The van der Waals surface area contributed by atoms with Gasteiger partial charge in [-0.15, -0.1) is 0 Å². The molecular weight excluding hydrogens is 192 g/mol. The smallest absolute Gasteiger partial charge is 0.241 e. The molecule has 56 valence electrons. The minimum atomic E-state index is 1.11. The Labute approximate surface area is 69.4 Å². The topological polar surface area (TPSA) is 19.7 Å². The molecule has 0 fully saturated rings. The lowest BCUT2D eigenvalue weighted by molar-refractivity contribution is -0.696. The van der Waals surface area contributed by atoms with E-state index in [0.29, 0.717) is 0 Å². The van der Waals surface area contributed by atoms with Crippen LogP contribution in [0.25, 0.3) is 0 Å². The molecule has 1 aromatic rings. The van der Waals surface area contributed by atoms with Crippen LogP contribution < -0.4 is 4.57 Å². The van der Waals surface area contributed by atoms with E-state index in [1.165, 1.54) is 12.8 Å². The minimum absolute atomic E-state index is 1.11. The molecule has 1 heterocycles. The Bertz CT molecular complexity index is 160. The van der Waals surface area contributed by atoms with E-state index in [2.05, 4.69) is 25.5 Å². The van der Waals surface area contributed by atoms with Crippen molar-refractivity contribution < 1.29 is 4.57 Å². The van der Waals surface area contributed by atoms with Crippen LogP contribution in [0.3, 0.4) is 0 Å². The Morgan fingerprint density at radius 1 is 1.40 bits per heavy atom. The molecule has 1 N–H and O–H groups in total. The maximum Gasteiger partial charge on any atom is 0.241 e. The molecule has 0 amide bonds. The highest BCUT2D eigenvalue weighted by Gasteiger charge is 1.93. The van der Waals surface area contributed by atoms with Crippen LogP contribution in [-0.4, -0.2) is 10.3 Å². The second kappa shape index (κ2) is 4.50. The quantitative estimate of drug-likeness (QED) is 0.435. The molecule has 0 radical (unpaired) electrons. The molecule has 0 saturated heterocycles. The van der Waals surface area contributed by atoms with Gasteiger partial charge in [0.15, 0.2) is 0 Å². The second-order valence-electron chi connectivity index (χ2n) is 2.25. The number of hydrogen-bond acceptors (Lipinski definition) is 0. The SMILES string of the molecule is BrCCCC[n+]1cc[nH]c1. The molecule has 0 aromatic carbocycles. The Kier molecular flexibility index (Phi) is 3.50. The Morgan fingerprint density at radius 3 is 2.90 bits per heavy atom. The van der Waals surface area contributed by atoms with Crippen molar-refractivity contribution in [2.75, 3.05) is 5.33 Å². The number of nitrogens with one attached hydrogen (secondary N) is 1. The fraction of sp³-hybridized carbons (Fsp3) is 0.571. The highest BCUT2D eigenvalue weighted by Crippen LogP contribution is 1.92. The van der Waals surface area contributed by atoms with Crippen molar-refractivity contribution in [1.29, 1.82) is 0 Å². The third-order valence-electron chi connectivity index (χ3n) is 1.40. The summed E-state index contributed by atoms with van der Waals surface area (Å²) in [6, 6.07) is 0. The number of imidazole rings is 1. The summed E-state index contributed by atoms with van der Waals surface area (Å²) in [5, 5.41) is 1.11. The van der Waals surface area contributed by atoms with Crippen LogP contribution in [0.4, 0.5) is 0 Å². The van der Waals surface area contributed by atoms with Gasteiger partial charge in [-0.2, -0.15) is 0 Å². The molecule has 1 aromatic heterocycles. The molecule has 0 atom stereocenters. The molecule has 0 unspecified atom stereocenters. The van der Waals surface area contributed by atoms with E-state index >= 15 is 0 Å². The highest BCUT2D eigenvalue weighted by atomic mass is 79.9. The molecular formula is C7H12BrN2+. The van der Waals surface area contributed by atoms with Crippen molar-refractivity contribution in [3.63, 3.8) is 0 Å². The van der Waals surface area contributed by atoms with E-state index in [4.69, 9.17) is 0 Å². The summed E-state index contributed by atoms with van der Waals surface area (Å²) in [6.45, 7) is 1.12. The number of hydrogen-bond donors (Lipinski definition) is 1. The Balaban J connectivity index is 2.15. The summed E-state index contributed by atoms with van der Waals surface area (Å²) in [6.07, 6.45) is 8.46. The van der Waals surface area contributed by atoms with Gasteiger partial charge >= 0.3 is 0 Å². The van der Waals surface area contributed by atoms with Gasteiger partial charge in [-0.05, 0) is 12.8 Å². The molecule has 0 bridgehead atoms. The number of H-pyrrole nitrogens is 1. The predicted molar refractivity (Wildman–Crippen MR) is 44.0 cm³/mol. The van der Waals surface area contributed by atoms with Crippen LogP contribution in [0.15, 0.2) is 18.7 Å². The van der Waals surface area contributed by atoms with Crippen LogP contribution in [0.5, 0.6) is 0 Å². The lowest BCUT2D eigenvalue weighted by Gasteiger charge is -1.92. The number of aryl methyl sites for hydroxylation is 1. The molecule has 0 aliphatic rings. The average Bonchev–Trinajstić information content (AvgIpc) is 2.41. The van der Waals surface area contributed by atoms with Crippen molar-refractivity contribution in [3.05, 3.63) is 18.7 Å². The number of unbranched alkanes of at least 4 members (excludes halogenated alkanes) is 1. The van der Waals surface area contributed by atoms with E-state index in [1.54, 1.807) is 0 Å². The first-order chi connectivity index (χ1) is 4.93. The van der Waals surface area contributed by atoms with Crippen LogP contribution >= 0.6 is 15.9 Å². The average molecular weight is 204 g/mol. The minimum Gasteiger partial charge on any atom is -0.250 e. The normalized spacial score (nSPS) is 10.1. The van der Waals surface area contributed by atoms with Gasteiger partial charge in [0.25, 0.3) is 0 Å². The van der Waals surface area contributed by atoms with Crippen LogP contribution in [0, 0.1) is 0 Å². The van der Waals surface area contributed by atoms with E-state index in [9.17, 15) is 0 Å². The maximum atomic E-state index is 3.40. The summed E-state index contributed by atoms with van der Waals surface area (Å²) in [5.41, 5.74) is 0. The zero-order valence-electron chi connectivity index (χ0n) is 5.89. The highest BCUT2D eigenvalue weighted by molar-refractivity contribution is 9.09. The van der Waals surface area contributed by atoms with Crippen molar-refractivity contribution in [1.82, 2.24) is 4.98 Å². The van der Waals surface area contributed by atoms with Crippen molar-refractivity contribution in [2.24, 2.45) is 0 Å². The standard InChI is InChI=1S/C7H11BrN2/c8-3-1-2-5-10-6-4-9-7-10/h4,6-7H,1-3,5H2/p+1. The third kappa shape index (κ3) is 2.52. The Hall–Kier alpha value is -0.310. The number of halogens is 1. The van der Waals surface area contributed by atoms with Gasteiger partial charge in [-0.3, -0.25) is 4.98 Å². The fourth-order valence-electron chi connectivity index (χ4n) is 0.849. The summed E-state index contributed by atoms with van der Waals surface area (Å²) in [5.74, 6) is 0. The lowest BCUT2D eigenvalue weighted by atomic mass is 10.3. The van der Waals surface area contributed by atoms with Gasteiger partial charge in [0.05, 0.1) is 6.54 Å². The van der Waals surface area contributed by atoms with E-state index < -0.39 is 0 Å². The number of aromatic amines is 1. The zero-order chi connectivity index (χ0) is 7.23. The predicted octanol–water partition coefficient (Wildman–Crippen LogP) is 1.48. The first-order valence-corrected chi connectivity index (χ1v) is 4.63. The molecule has 0 aliphatic heterocycles. The van der Waals surface area contributed by atoms with Crippen molar-refractivity contribution in [3.8, 4) is 0 Å². The maximum absolute atomic E-state index is 3.40. The van der Waals surface area contributed by atoms with Gasteiger partial charge in [-0.1, -0.05) is 15.9 Å².